The first-order chi connectivity index (χ1) is 7.92. The van der Waals surface area contributed by atoms with Crippen LogP contribution in [0.1, 0.15) is 13.3 Å². The first-order valence-corrected chi connectivity index (χ1v) is 10.6. The van der Waals surface area contributed by atoms with E-state index in [1.54, 1.807) is 0 Å². The summed E-state index contributed by atoms with van der Waals surface area (Å²) in [4.78, 5) is 0. The molecule has 2 aliphatic rings. The second-order valence-corrected chi connectivity index (χ2v) is 12.6. The minimum Gasteiger partial charge on any atom is -0.0988 e. The molecule has 4 unspecified atom stereocenters. The topological polar surface area (TPSA) is 0 Å². The van der Waals surface area contributed by atoms with Crippen molar-refractivity contribution in [3.63, 3.8) is 0 Å². The molecular formula is C16H26Si. The molecule has 0 radical (unpaired) electrons. The van der Waals surface area contributed by atoms with Gasteiger partial charge in [0.05, 0.1) is 0 Å². The van der Waals surface area contributed by atoms with Crippen molar-refractivity contribution in [3.8, 4) is 0 Å². The van der Waals surface area contributed by atoms with E-state index in [9.17, 15) is 0 Å². The first-order valence-electron chi connectivity index (χ1n) is 6.93. The molecule has 17 heavy (non-hydrogen) atoms. The predicted octanol–water partition coefficient (Wildman–Crippen LogP) is 4.90. The van der Waals surface area contributed by atoms with Crippen LogP contribution < -0.4 is 0 Å². The molecule has 0 bridgehead atoms. The van der Waals surface area contributed by atoms with Crippen LogP contribution in [0.3, 0.4) is 0 Å². The van der Waals surface area contributed by atoms with Gasteiger partial charge in [-0.05, 0) is 35.7 Å². The van der Waals surface area contributed by atoms with E-state index in [0.717, 1.165) is 23.7 Å². The van der Waals surface area contributed by atoms with Gasteiger partial charge >= 0.3 is 0 Å². The summed E-state index contributed by atoms with van der Waals surface area (Å²) in [5.41, 5.74) is 1.49. The lowest BCUT2D eigenvalue weighted by Crippen LogP contribution is -2.28. The van der Waals surface area contributed by atoms with Crippen molar-refractivity contribution in [2.24, 2.45) is 23.7 Å². The Morgan fingerprint density at radius 1 is 1.41 bits per heavy atom. The van der Waals surface area contributed by atoms with Crippen LogP contribution in [0.5, 0.6) is 0 Å². The average molecular weight is 246 g/mol. The Balaban J connectivity index is 2.22. The van der Waals surface area contributed by atoms with Crippen LogP contribution in [0.25, 0.3) is 0 Å². The van der Waals surface area contributed by atoms with E-state index in [-0.39, 0.29) is 0 Å². The molecule has 0 aromatic rings. The highest BCUT2D eigenvalue weighted by atomic mass is 28.3. The maximum absolute atomic E-state index is 4.01. The van der Waals surface area contributed by atoms with Crippen LogP contribution >= 0.6 is 0 Å². The fourth-order valence-corrected chi connectivity index (χ4v) is 5.85. The Morgan fingerprint density at radius 2 is 2.12 bits per heavy atom. The smallest absolute Gasteiger partial charge is 0.0445 e. The van der Waals surface area contributed by atoms with Crippen molar-refractivity contribution in [2.75, 3.05) is 0 Å². The average Bonchev–Trinajstić information content (AvgIpc) is 2.53. The van der Waals surface area contributed by atoms with Gasteiger partial charge in [0.25, 0.3) is 0 Å². The normalized spacial score (nSPS) is 36.6. The number of rotatable bonds is 3. The molecule has 1 fully saturated rings. The zero-order valence-corrected chi connectivity index (χ0v) is 12.7. The third kappa shape index (κ3) is 2.65. The standard InChI is InChI=1S/C16H26Si/c1-6-13-8-7-9-15-12(2)10-14(16(13)15)11-17(3,4)5/h6-9,12,14-16H,1,10-11H2,2-5H3. The lowest BCUT2D eigenvalue weighted by atomic mass is 9.79. The predicted molar refractivity (Wildman–Crippen MR) is 79.8 cm³/mol. The first kappa shape index (κ1) is 12.9. The Morgan fingerprint density at radius 3 is 2.71 bits per heavy atom. The highest BCUT2D eigenvalue weighted by molar-refractivity contribution is 6.76. The van der Waals surface area contributed by atoms with Gasteiger partial charge < -0.3 is 0 Å². The second kappa shape index (κ2) is 4.60. The van der Waals surface area contributed by atoms with Gasteiger partial charge in [-0.2, -0.15) is 0 Å². The Hall–Kier alpha value is -0.563. The zero-order chi connectivity index (χ0) is 12.6. The van der Waals surface area contributed by atoms with Crippen molar-refractivity contribution in [1.82, 2.24) is 0 Å². The number of hydrogen-bond donors (Lipinski definition) is 0. The fourth-order valence-electron chi connectivity index (χ4n) is 3.86. The molecule has 0 nitrogen and oxygen atoms in total. The van der Waals surface area contributed by atoms with E-state index >= 15 is 0 Å². The van der Waals surface area contributed by atoms with Crippen LogP contribution in [-0.2, 0) is 0 Å². The van der Waals surface area contributed by atoms with Gasteiger partial charge in [0.1, 0.15) is 0 Å². The van der Waals surface area contributed by atoms with Crippen molar-refractivity contribution < 1.29 is 0 Å². The van der Waals surface area contributed by atoms with Crippen LogP contribution in [-0.4, -0.2) is 8.07 Å². The molecule has 2 aliphatic carbocycles. The maximum atomic E-state index is 4.01. The Labute approximate surface area is 108 Å². The summed E-state index contributed by atoms with van der Waals surface area (Å²) in [6.07, 6.45) is 10.5. The maximum Gasteiger partial charge on any atom is 0.0445 e. The third-order valence-corrected chi connectivity index (χ3v) is 6.12. The molecule has 0 amide bonds. The molecule has 94 valence electrons. The number of hydrogen-bond acceptors (Lipinski definition) is 0. The summed E-state index contributed by atoms with van der Waals surface area (Å²) in [6.45, 7) is 13.9. The molecular weight excluding hydrogens is 220 g/mol. The van der Waals surface area contributed by atoms with Crippen LogP contribution in [0.4, 0.5) is 0 Å². The van der Waals surface area contributed by atoms with Gasteiger partial charge in [-0.25, -0.2) is 0 Å². The quantitative estimate of drug-likeness (QED) is 0.622. The molecule has 0 heterocycles. The van der Waals surface area contributed by atoms with E-state index in [2.05, 4.69) is 57.4 Å². The highest BCUT2D eigenvalue weighted by Gasteiger charge is 2.42. The van der Waals surface area contributed by atoms with Gasteiger partial charge in [-0.3, -0.25) is 0 Å². The molecule has 4 atom stereocenters. The monoisotopic (exact) mass is 246 g/mol. The number of allylic oxidation sites excluding steroid dienone is 5. The van der Waals surface area contributed by atoms with Gasteiger partial charge in [0.2, 0.25) is 0 Å². The zero-order valence-electron chi connectivity index (χ0n) is 11.7. The molecule has 1 saturated carbocycles. The van der Waals surface area contributed by atoms with Gasteiger partial charge in [0.15, 0.2) is 0 Å². The van der Waals surface area contributed by atoms with Crippen molar-refractivity contribution in [3.05, 3.63) is 36.5 Å². The van der Waals surface area contributed by atoms with E-state index in [1.807, 2.05) is 0 Å². The summed E-state index contributed by atoms with van der Waals surface area (Å²) < 4.78 is 0. The van der Waals surface area contributed by atoms with Gasteiger partial charge in [-0.1, -0.05) is 63.5 Å². The largest absolute Gasteiger partial charge is 0.0988 e. The third-order valence-electron chi connectivity index (χ3n) is 4.37. The van der Waals surface area contributed by atoms with Crippen molar-refractivity contribution in [2.45, 2.75) is 39.0 Å². The lowest BCUT2D eigenvalue weighted by Gasteiger charge is -2.30. The van der Waals surface area contributed by atoms with Crippen LogP contribution in [0, 0.1) is 23.7 Å². The van der Waals surface area contributed by atoms with Crippen molar-refractivity contribution in [1.29, 1.82) is 0 Å². The van der Waals surface area contributed by atoms with Gasteiger partial charge in [-0.15, -0.1) is 0 Å². The van der Waals surface area contributed by atoms with Crippen molar-refractivity contribution >= 4 is 8.07 Å². The second-order valence-electron chi connectivity index (χ2n) is 7.10. The van der Waals surface area contributed by atoms with Crippen LogP contribution in [0.2, 0.25) is 25.7 Å². The molecule has 0 aromatic heterocycles. The molecule has 0 N–H and O–H groups in total. The lowest BCUT2D eigenvalue weighted by molar-refractivity contribution is 0.411. The molecule has 2 rings (SSSR count). The summed E-state index contributed by atoms with van der Waals surface area (Å²) in [5, 5.41) is 0. The van der Waals surface area contributed by atoms with E-state index in [1.165, 1.54) is 18.0 Å². The Bertz CT molecular complexity index is 356. The summed E-state index contributed by atoms with van der Waals surface area (Å²) in [5.74, 6) is 3.28. The van der Waals surface area contributed by atoms with E-state index in [0.29, 0.717) is 0 Å². The summed E-state index contributed by atoms with van der Waals surface area (Å²) in [6, 6.07) is 1.47. The molecule has 0 saturated heterocycles. The fraction of sp³-hybridized carbons (Fsp3) is 0.625. The molecule has 0 aliphatic heterocycles. The van der Waals surface area contributed by atoms with E-state index < -0.39 is 8.07 Å². The SMILES string of the molecule is C=CC1=CC=CC2C(C)CC(C[Si](C)(C)C)C12. The van der Waals surface area contributed by atoms with Crippen LogP contribution in [0.15, 0.2) is 36.5 Å². The molecule has 0 spiro atoms. The Kier molecular flexibility index (Phi) is 3.49. The van der Waals surface area contributed by atoms with E-state index in [4.69, 9.17) is 0 Å². The highest BCUT2D eigenvalue weighted by Crippen LogP contribution is 2.50. The molecule has 0 aromatic carbocycles. The molecule has 1 heteroatoms. The minimum atomic E-state index is -0.956. The summed E-state index contributed by atoms with van der Waals surface area (Å²) >= 11 is 0. The minimum absolute atomic E-state index is 0.763. The summed E-state index contributed by atoms with van der Waals surface area (Å²) in [7, 11) is -0.956. The number of fused-ring (bicyclic) bond motifs is 1. The van der Waals surface area contributed by atoms with Gasteiger partial charge in [0, 0.05) is 8.07 Å².